The summed E-state index contributed by atoms with van der Waals surface area (Å²) in [7, 11) is 1.63. The zero-order valence-corrected chi connectivity index (χ0v) is 11.2. The Balaban J connectivity index is 2.04. The average Bonchev–Trinajstić information content (AvgIpc) is 2.91. The highest BCUT2D eigenvalue weighted by Crippen LogP contribution is 2.28. The van der Waals surface area contributed by atoms with Crippen molar-refractivity contribution in [3.05, 3.63) is 60.0 Å². The summed E-state index contributed by atoms with van der Waals surface area (Å²) in [6.45, 7) is 0.452. The molecule has 0 saturated carbocycles. The van der Waals surface area contributed by atoms with E-state index in [-0.39, 0.29) is 5.92 Å². The smallest absolute Gasteiger partial charge is 0.204 e. The molecule has 1 aromatic heterocycles. The highest BCUT2D eigenvalue weighted by molar-refractivity contribution is 5.74. The molecule has 4 nitrogen and oxygen atoms in total. The molecule has 2 N–H and O–H groups in total. The van der Waals surface area contributed by atoms with Gasteiger partial charge in [0.05, 0.1) is 13.0 Å². The summed E-state index contributed by atoms with van der Waals surface area (Å²) in [5.74, 6) is 1.36. The van der Waals surface area contributed by atoms with Crippen LogP contribution in [0.2, 0.25) is 0 Å². The van der Waals surface area contributed by atoms with Crippen molar-refractivity contribution in [3.63, 3.8) is 0 Å². The van der Waals surface area contributed by atoms with Crippen molar-refractivity contribution in [2.24, 2.45) is 5.73 Å². The van der Waals surface area contributed by atoms with E-state index in [9.17, 15) is 0 Å². The van der Waals surface area contributed by atoms with Gasteiger partial charge in [0.15, 0.2) is 5.58 Å². The molecule has 3 rings (SSSR count). The monoisotopic (exact) mass is 268 g/mol. The molecule has 0 aliphatic heterocycles. The minimum Gasteiger partial charge on any atom is -0.497 e. The van der Waals surface area contributed by atoms with Gasteiger partial charge in [-0.15, -0.1) is 0 Å². The molecule has 0 radical (unpaired) electrons. The van der Waals surface area contributed by atoms with Crippen molar-refractivity contribution >= 4 is 11.1 Å². The molecule has 2 aromatic carbocycles. The first kappa shape index (κ1) is 12.7. The molecular formula is C16H16N2O2. The maximum atomic E-state index is 5.89. The zero-order valence-electron chi connectivity index (χ0n) is 11.2. The van der Waals surface area contributed by atoms with Gasteiger partial charge in [-0.3, -0.25) is 0 Å². The first-order chi connectivity index (χ1) is 9.81. The first-order valence-electron chi connectivity index (χ1n) is 6.51. The number of aromatic nitrogens is 1. The van der Waals surface area contributed by atoms with E-state index in [0.29, 0.717) is 18.0 Å². The minimum atomic E-state index is -0.0328. The third-order valence-electron chi connectivity index (χ3n) is 3.35. The number of benzene rings is 2. The second-order valence-corrected chi connectivity index (χ2v) is 4.58. The second-order valence-electron chi connectivity index (χ2n) is 4.58. The van der Waals surface area contributed by atoms with Crippen LogP contribution in [0.25, 0.3) is 11.1 Å². The molecule has 0 aliphatic carbocycles. The maximum Gasteiger partial charge on any atom is 0.204 e. The number of ether oxygens (including phenoxy) is 1. The SMILES string of the molecule is COc1ccc2nc(C(CN)c3ccccc3)oc2c1. The third kappa shape index (κ3) is 2.26. The lowest BCUT2D eigenvalue weighted by Gasteiger charge is -2.10. The molecule has 0 amide bonds. The highest BCUT2D eigenvalue weighted by atomic mass is 16.5. The van der Waals surface area contributed by atoms with Crippen molar-refractivity contribution < 1.29 is 9.15 Å². The predicted molar refractivity (Wildman–Crippen MR) is 77.9 cm³/mol. The largest absolute Gasteiger partial charge is 0.497 e. The molecule has 0 saturated heterocycles. The quantitative estimate of drug-likeness (QED) is 0.790. The van der Waals surface area contributed by atoms with Crippen LogP contribution < -0.4 is 10.5 Å². The summed E-state index contributed by atoms with van der Waals surface area (Å²) in [4.78, 5) is 4.53. The van der Waals surface area contributed by atoms with Crippen molar-refractivity contribution in [1.29, 1.82) is 0 Å². The summed E-state index contributed by atoms with van der Waals surface area (Å²) >= 11 is 0. The summed E-state index contributed by atoms with van der Waals surface area (Å²) < 4.78 is 11.0. The fourth-order valence-corrected chi connectivity index (χ4v) is 2.26. The van der Waals surface area contributed by atoms with Gasteiger partial charge in [0.2, 0.25) is 5.89 Å². The molecule has 0 spiro atoms. The number of hydrogen-bond acceptors (Lipinski definition) is 4. The van der Waals surface area contributed by atoms with Crippen LogP contribution in [0.3, 0.4) is 0 Å². The molecular weight excluding hydrogens is 252 g/mol. The highest BCUT2D eigenvalue weighted by Gasteiger charge is 2.18. The summed E-state index contributed by atoms with van der Waals surface area (Å²) in [5.41, 5.74) is 8.53. The Kier molecular flexibility index (Phi) is 3.39. The number of methoxy groups -OCH3 is 1. The van der Waals surface area contributed by atoms with Crippen molar-refractivity contribution in [2.75, 3.05) is 13.7 Å². The molecule has 0 aliphatic rings. The molecule has 4 heteroatoms. The lowest BCUT2D eigenvalue weighted by atomic mass is 9.99. The Bertz CT molecular complexity index is 707. The van der Waals surface area contributed by atoms with E-state index in [4.69, 9.17) is 14.9 Å². The van der Waals surface area contributed by atoms with Crippen LogP contribution in [-0.2, 0) is 0 Å². The molecule has 1 atom stereocenters. The second kappa shape index (κ2) is 5.35. The van der Waals surface area contributed by atoms with Crippen LogP contribution in [0.5, 0.6) is 5.75 Å². The van der Waals surface area contributed by atoms with Gasteiger partial charge >= 0.3 is 0 Å². The van der Waals surface area contributed by atoms with Crippen molar-refractivity contribution in [2.45, 2.75) is 5.92 Å². The van der Waals surface area contributed by atoms with Gasteiger partial charge in [0.25, 0.3) is 0 Å². The van der Waals surface area contributed by atoms with Crippen LogP contribution in [0.4, 0.5) is 0 Å². The van der Waals surface area contributed by atoms with Crippen LogP contribution in [0.15, 0.2) is 52.9 Å². The standard InChI is InChI=1S/C16H16N2O2/c1-19-12-7-8-14-15(9-12)20-16(18-14)13(10-17)11-5-3-2-4-6-11/h2-9,13H,10,17H2,1H3. The van der Waals surface area contributed by atoms with E-state index in [1.54, 1.807) is 7.11 Å². The van der Waals surface area contributed by atoms with E-state index < -0.39 is 0 Å². The van der Waals surface area contributed by atoms with Gasteiger partial charge in [-0.1, -0.05) is 30.3 Å². The van der Waals surface area contributed by atoms with Crippen LogP contribution in [-0.4, -0.2) is 18.6 Å². The van der Waals surface area contributed by atoms with Gasteiger partial charge in [-0.2, -0.15) is 0 Å². The van der Waals surface area contributed by atoms with E-state index in [1.165, 1.54) is 0 Å². The molecule has 102 valence electrons. The van der Waals surface area contributed by atoms with Crippen molar-refractivity contribution in [1.82, 2.24) is 4.98 Å². The lowest BCUT2D eigenvalue weighted by Crippen LogP contribution is -2.14. The number of nitrogens with zero attached hydrogens (tertiary/aromatic N) is 1. The first-order valence-corrected chi connectivity index (χ1v) is 6.51. The fraction of sp³-hybridized carbons (Fsp3) is 0.188. The number of nitrogens with two attached hydrogens (primary N) is 1. The number of rotatable bonds is 4. The molecule has 3 aromatic rings. The molecule has 0 bridgehead atoms. The van der Waals surface area contributed by atoms with E-state index in [2.05, 4.69) is 4.98 Å². The lowest BCUT2D eigenvalue weighted by molar-refractivity contribution is 0.414. The molecule has 1 heterocycles. The predicted octanol–water partition coefficient (Wildman–Crippen LogP) is 2.93. The van der Waals surface area contributed by atoms with Crippen LogP contribution in [0.1, 0.15) is 17.4 Å². The van der Waals surface area contributed by atoms with Crippen LogP contribution in [0, 0.1) is 0 Å². The summed E-state index contributed by atoms with van der Waals surface area (Å²) in [6, 6.07) is 15.6. The van der Waals surface area contributed by atoms with Gasteiger partial charge in [0.1, 0.15) is 11.3 Å². The Hall–Kier alpha value is -2.33. The maximum absolute atomic E-state index is 5.89. The normalized spacial score (nSPS) is 12.5. The number of oxazole rings is 1. The Morgan fingerprint density at radius 1 is 1.20 bits per heavy atom. The zero-order chi connectivity index (χ0) is 13.9. The topological polar surface area (TPSA) is 61.3 Å². The summed E-state index contributed by atoms with van der Waals surface area (Å²) in [5, 5.41) is 0. The third-order valence-corrected chi connectivity index (χ3v) is 3.35. The van der Waals surface area contributed by atoms with E-state index in [1.807, 2.05) is 48.5 Å². The van der Waals surface area contributed by atoms with Gasteiger partial charge in [-0.05, 0) is 17.7 Å². The molecule has 20 heavy (non-hydrogen) atoms. The van der Waals surface area contributed by atoms with Gasteiger partial charge in [0, 0.05) is 12.6 Å². The van der Waals surface area contributed by atoms with E-state index >= 15 is 0 Å². The average molecular weight is 268 g/mol. The molecule has 0 fully saturated rings. The van der Waals surface area contributed by atoms with Gasteiger partial charge < -0.3 is 14.9 Å². The van der Waals surface area contributed by atoms with Crippen molar-refractivity contribution in [3.8, 4) is 5.75 Å². The summed E-state index contributed by atoms with van der Waals surface area (Å²) in [6.07, 6.45) is 0. The Morgan fingerprint density at radius 2 is 2.00 bits per heavy atom. The Labute approximate surface area is 117 Å². The number of hydrogen-bond donors (Lipinski definition) is 1. The number of fused-ring (bicyclic) bond motifs is 1. The fourth-order valence-electron chi connectivity index (χ4n) is 2.26. The Morgan fingerprint density at radius 3 is 2.70 bits per heavy atom. The van der Waals surface area contributed by atoms with Crippen LogP contribution >= 0.6 is 0 Å². The molecule has 1 unspecified atom stereocenters. The minimum absolute atomic E-state index is 0.0328. The van der Waals surface area contributed by atoms with E-state index in [0.717, 1.165) is 16.8 Å². The van der Waals surface area contributed by atoms with Gasteiger partial charge in [-0.25, -0.2) is 4.98 Å².